The molecule has 140 valence electrons. The third-order valence-electron chi connectivity index (χ3n) is 5.90. The van der Waals surface area contributed by atoms with Crippen molar-refractivity contribution in [3.63, 3.8) is 0 Å². The zero-order chi connectivity index (χ0) is 18.1. The number of aliphatic hydroxyl groups excluding tert-OH is 1. The van der Waals surface area contributed by atoms with Crippen molar-refractivity contribution in [2.45, 2.75) is 31.9 Å². The Balaban J connectivity index is 1.47. The second kappa shape index (κ2) is 7.31. The van der Waals surface area contributed by atoms with Crippen molar-refractivity contribution in [2.24, 2.45) is 5.41 Å². The topological polar surface area (TPSA) is 44.5 Å². The maximum absolute atomic E-state index is 10.7. The summed E-state index contributed by atoms with van der Waals surface area (Å²) >= 11 is 6.28. The van der Waals surface area contributed by atoms with Crippen molar-refractivity contribution < 1.29 is 5.11 Å². The van der Waals surface area contributed by atoms with E-state index in [-0.39, 0.29) is 11.5 Å². The summed E-state index contributed by atoms with van der Waals surface area (Å²) < 4.78 is 1.85. The molecule has 1 aromatic heterocycles. The highest BCUT2D eigenvalue weighted by Crippen LogP contribution is 2.38. The molecule has 6 heteroatoms. The van der Waals surface area contributed by atoms with Gasteiger partial charge in [-0.25, -0.2) is 4.68 Å². The summed E-state index contributed by atoms with van der Waals surface area (Å²) in [4.78, 5) is 4.84. The quantitative estimate of drug-likeness (QED) is 0.897. The number of rotatable bonds is 3. The van der Waals surface area contributed by atoms with Gasteiger partial charge in [-0.1, -0.05) is 23.7 Å². The number of likely N-dealkylation sites (tertiary alicyclic amines) is 2. The Morgan fingerprint density at radius 2 is 2.12 bits per heavy atom. The van der Waals surface area contributed by atoms with E-state index < -0.39 is 0 Å². The van der Waals surface area contributed by atoms with Crippen molar-refractivity contribution >= 4 is 11.6 Å². The highest BCUT2D eigenvalue weighted by Gasteiger charge is 2.44. The van der Waals surface area contributed by atoms with Gasteiger partial charge in [-0.15, -0.1) is 0 Å². The van der Waals surface area contributed by atoms with Crippen LogP contribution < -0.4 is 0 Å². The molecular weight excluding hydrogens is 348 g/mol. The first kappa shape index (κ1) is 18.0. The summed E-state index contributed by atoms with van der Waals surface area (Å²) in [6, 6.07) is 7.75. The highest BCUT2D eigenvalue weighted by atomic mass is 35.5. The number of aromatic nitrogens is 2. The number of benzene rings is 1. The Morgan fingerprint density at radius 3 is 2.96 bits per heavy atom. The Morgan fingerprint density at radius 1 is 1.27 bits per heavy atom. The maximum atomic E-state index is 10.7. The fourth-order valence-electron chi connectivity index (χ4n) is 4.63. The molecule has 0 bridgehead atoms. The molecule has 2 aliphatic rings. The molecule has 3 heterocycles. The predicted molar refractivity (Wildman–Crippen MR) is 104 cm³/mol. The van der Waals surface area contributed by atoms with Crippen LogP contribution in [0.1, 0.15) is 24.8 Å². The van der Waals surface area contributed by atoms with Gasteiger partial charge in [0.1, 0.15) is 0 Å². The standard InChI is InChI=1S/C20H27ClN4O/c1-23-10-7-19(26)20(14-23)8-4-9-24(15-20)12-16-11-22-25(13-16)18-6-3-2-5-17(18)21/h2-3,5-6,11,13,19,26H,4,7-10,12,14-15H2,1H3/t19-,20-/m0/s1. The van der Waals surface area contributed by atoms with Gasteiger partial charge >= 0.3 is 0 Å². The molecule has 0 amide bonds. The molecule has 26 heavy (non-hydrogen) atoms. The third-order valence-corrected chi connectivity index (χ3v) is 6.22. The zero-order valence-corrected chi connectivity index (χ0v) is 16.1. The molecule has 4 rings (SSSR count). The lowest BCUT2D eigenvalue weighted by molar-refractivity contribution is -0.0807. The molecule has 5 nitrogen and oxygen atoms in total. The normalized spacial score (nSPS) is 27.9. The number of hydrogen-bond acceptors (Lipinski definition) is 4. The van der Waals surface area contributed by atoms with E-state index in [1.54, 1.807) is 0 Å². The van der Waals surface area contributed by atoms with Crippen LogP contribution in [0, 0.1) is 5.41 Å². The first-order valence-electron chi connectivity index (χ1n) is 9.43. The van der Waals surface area contributed by atoms with E-state index in [0.29, 0.717) is 5.02 Å². The van der Waals surface area contributed by atoms with Crippen LogP contribution in [0.25, 0.3) is 5.69 Å². The molecule has 0 unspecified atom stereocenters. The Labute approximate surface area is 160 Å². The van der Waals surface area contributed by atoms with Crippen LogP contribution in [0.3, 0.4) is 0 Å². The SMILES string of the molecule is CN1CC[C@H](O)[C@@]2(CCCN(Cc3cnn(-c4ccccc4Cl)c3)C2)C1. The number of hydrogen-bond donors (Lipinski definition) is 1. The van der Waals surface area contributed by atoms with Crippen LogP contribution in [0.5, 0.6) is 0 Å². The lowest BCUT2D eigenvalue weighted by Gasteiger charge is -2.50. The predicted octanol–water partition coefficient (Wildman–Crippen LogP) is 2.80. The molecule has 1 aromatic carbocycles. The number of para-hydroxylation sites is 1. The van der Waals surface area contributed by atoms with E-state index in [4.69, 9.17) is 11.6 Å². The van der Waals surface area contributed by atoms with Gasteiger partial charge in [-0.3, -0.25) is 4.90 Å². The summed E-state index contributed by atoms with van der Waals surface area (Å²) in [5.41, 5.74) is 2.10. The smallest absolute Gasteiger partial charge is 0.0831 e. The second-order valence-corrected chi connectivity index (χ2v) is 8.37. The largest absolute Gasteiger partial charge is 0.392 e. The lowest BCUT2D eigenvalue weighted by atomic mass is 9.71. The Kier molecular flexibility index (Phi) is 5.06. The third kappa shape index (κ3) is 3.54. The molecule has 1 spiro atoms. The van der Waals surface area contributed by atoms with E-state index >= 15 is 0 Å². The lowest BCUT2D eigenvalue weighted by Crippen LogP contribution is -2.58. The van der Waals surface area contributed by atoms with Crippen molar-refractivity contribution in [3.8, 4) is 5.69 Å². The van der Waals surface area contributed by atoms with Crippen molar-refractivity contribution in [2.75, 3.05) is 33.2 Å². The Bertz CT molecular complexity index is 764. The van der Waals surface area contributed by atoms with Crippen LogP contribution in [0.2, 0.25) is 5.02 Å². The Hall–Kier alpha value is -1.40. The van der Waals surface area contributed by atoms with Crippen LogP contribution >= 0.6 is 11.6 Å². The minimum Gasteiger partial charge on any atom is -0.392 e. The molecule has 2 saturated heterocycles. The van der Waals surface area contributed by atoms with E-state index in [1.807, 2.05) is 35.1 Å². The van der Waals surface area contributed by atoms with E-state index in [1.165, 1.54) is 5.56 Å². The summed E-state index contributed by atoms with van der Waals surface area (Å²) in [5, 5.41) is 15.9. The van der Waals surface area contributed by atoms with Gasteiger partial charge in [0, 0.05) is 43.4 Å². The second-order valence-electron chi connectivity index (χ2n) is 7.96. The molecule has 0 saturated carbocycles. The molecule has 0 aliphatic carbocycles. The highest BCUT2D eigenvalue weighted by molar-refractivity contribution is 6.32. The molecule has 2 fully saturated rings. The van der Waals surface area contributed by atoms with Crippen molar-refractivity contribution in [1.82, 2.24) is 19.6 Å². The first-order chi connectivity index (χ1) is 12.6. The van der Waals surface area contributed by atoms with Crippen LogP contribution in [0.15, 0.2) is 36.7 Å². The number of piperidine rings is 2. The number of halogens is 1. The minimum absolute atomic E-state index is 0.0178. The van der Waals surface area contributed by atoms with Gasteiger partial charge in [0.25, 0.3) is 0 Å². The number of nitrogens with zero attached hydrogens (tertiary/aromatic N) is 4. The monoisotopic (exact) mass is 374 g/mol. The van der Waals surface area contributed by atoms with Gasteiger partial charge in [0.2, 0.25) is 0 Å². The molecule has 0 radical (unpaired) electrons. The van der Waals surface area contributed by atoms with Gasteiger partial charge in [0.05, 0.1) is 23.0 Å². The first-order valence-corrected chi connectivity index (χ1v) is 9.81. The van der Waals surface area contributed by atoms with Gasteiger partial charge in [-0.2, -0.15) is 5.10 Å². The molecule has 2 atom stereocenters. The van der Waals surface area contributed by atoms with E-state index in [0.717, 1.165) is 57.7 Å². The van der Waals surface area contributed by atoms with Gasteiger partial charge < -0.3 is 10.0 Å². The van der Waals surface area contributed by atoms with E-state index in [9.17, 15) is 5.11 Å². The zero-order valence-electron chi connectivity index (χ0n) is 15.3. The maximum Gasteiger partial charge on any atom is 0.0831 e. The summed E-state index contributed by atoms with van der Waals surface area (Å²) in [6.07, 6.45) is 6.94. The molecule has 1 N–H and O–H groups in total. The summed E-state index contributed by atoms with van der Waals surface area (Å²) in [7, 11) is 2.17. The summed E-state index contributed by atoms with van der Waals surface area (Å²) in [5.74, 6) is 0. The molecular formula is C20H27ClN4O. The van der Waals surface area contributed by atoms with Crippen LogP contribution in [0.4, 0.5) is 0 Å². The van der Waals surface area contributed by atoms with Crippen molar-refractivity contribution in [3.05, 3.63) is 47.2 Å². The fourth-order valence-corrected chi connectivity index (χ4v) is 4.86. The van der Waals surface area contributed by atoms with Crippen molar-refractivity contribution in [1.29, 1.82) is 0 Å². The fraction of sp³-hybridized carbons (Fsp3) is 0.550. The molecule has 2 aliphatic heterocycles. The number of aliphatic hydroxyl groups is 1. The average Bonchev–Trinajstić information content (AvgIpc) is 3.07. The van der Waals surface area contributed by atoms with E-state index in [2.05, 4.69) is 28.1 Å². The molecule has 2 aromatic rings. The average molecular weight is 375 g/mol. The van der Waals surface area contributed by atoms with Crippen LogP contribution in [-0.2, 0) is 6.54 Å². The summed E-state index contributed by atoms with van der Waals surface area (Å²) in [6.45, 7) is 4.88. The van der Waals surface area contributed by atoms with Gasteiger partial charge in [-0.05, 0) is 45.0 Å². The van der Waals surface area contributed by atoms with Gasteiger partial charge in [0.15, 0.2) is 0 Å². The van der Waals surface area contributed by atoms with Crippen LogP contribution in [-0.4, -0.2) is 64.0 Å². The minimum atomic E-state index is -0.188.